The quantitative estimate of drug-likeness (QED) is 0.0671. The van der Waals surface area contributed by atoms with Gasteiger partial charge in [-0.3, -0.25) is 9.59 Å². The Morgan fingerprint density at radius 2 is 1.26 bits per heavy atom. The number of rotatable bonds is 18. The normalized spacial score (nSPS) is 34.1. The Hall–Kier alpha value is -1.50. The summed E-state index contributed by atoms with van der Waals surface area (Å²) >= 11 is 0. The Labute approximate surface area is 245 Å². The van der Waals surface area contributed by atoms with Crippen molar-refractivity contribution < 1.29 is 73.8 Å². The first-order chi connectivity index (χ1) is 20.0. The lowest BCUT2D eigenvalue weighted by Gasteiger charge is -2.42. The van der Waals surface area contributed by atoms with E-state index in [9.17, 15) is 45.3 Å². The van der Waals surface area contributed by atoms with E-state index in [1.165, 1.54) is 0 Å². The van der Waals surface area contributed by atoms with E-state index in [0.717, 1.165) is 32.1 Å². The van der Waals surface area contributed by atoms with Crippen LogP contribution in [0.1, 0.15) is 65.2 Å². The van der Waals surface area contributed by atoms with Crippen LogP contribution in [0.4, 0.5) is 0 Å². The van der Waals surface area contributed by atoms with Crippen molar-refractivity contribution in [1.82, 2.24) is 0 Å². The molecule has 246 valence electrons. The highest BCUT2D eigenvalue weighted by Gasteiger charge is 2.47. The maximum absolute atomic E-state index is 12.4. The number of aliphatic hydroxyl groups is 7. The van der Waals surface area contributed by atoms with Gasteiger partial charge in [0.1, 0.15) is 55.4 Å². The second kappa shape index (κ2) is 19.0. The van der Waals surface area contributed by atoms with Gasteiger partial charge in [-0.15, -0.1) is 0 Å². The molecule has 2 aliphatic heterocycles. The Bertz CT molecular complexity index is 783. The lowest BCUT2D eigenvalue weighted by Crippen LogP contribution is -2.61. The fourth-order valence-corrected chi connectivity index (χ4v) is 4.49. The predicted molar refractivity (Wildman–Crippen MR) is 141 cm³/mol. The monoisotopic (exact) mass is 612 g/mol. The third kappa shape index (κ3) is 11.2. The van der Waals surface area contributed by atoms with Crippen LogP contribution in [0.25, 0.3) is 0 Å². The van der Waals surface area contributed by atoms with Crippen molar-refractivity contribution in [3.63, 3.8) is 0 Å². The first kappa shape index (κ1) is 36.7. The van der Waals surface area contributed by atoms with Gasteiger partial charge in [-0.1, -0.05) is 46.0 Å². The number of hydrogen-bond donors (Lipinski definition) is 7. The molecule has 0 aromatic rings. The molecule has 0 aromatic heterocycles. The lowest BCUT2D eigenvalue weighted by atomic mass is 9.98. The number of carbonyl (C=O) groups excluding carboxylic acids is 2. The maximum atomic E-state index is 12.4. The van der Waals surface area contributed by atoms with Gasteiger partial charge in [0.15, 0.2) is 18.7 Å². The minimum absolute atomic E-state index is 0.101. The van der Waals surface area contributed by atoms with Crippen molar-refractivity contribution in [2.45, 2.75) is 133 Å². The fraction of sp³-hybridized carbons (Fsp3) is 0.926. The molecule has 2 saturated heterocycles. The first-order valence-electron chi connectivity index (χ1n) is 14.6. The molecule has 0 aliphatic carbocycles. The third-order valence-corrected chi connectivity index (χ3v) is 7.14. The predicted octanol–water partition coefficient (Wildman–Crippen LogP) is -1.76. The third-order valence-electron chi connectivity index (χ3n) is 7.14. The fourth-order valence-electron chi connectivity index (χ4n) is 4.49. The van der Waals surface area contributed by atoms with Crippen molar-refractivity contribution >= 4 is 11.9 Å². The molecule has 0 aromatic carbocycles. The zero-order valence-corrected chi connectivity index (χ0v) is 24.2. The minimum atomic E-state index is -1.75. The highest BCUT2D eigenvalue weighted by atomic mass is 16.7. The molecule has 2 aliphatic rings. The molecular weight excluding hydrogens is 564 g/mol. The summed E-state index contributed by atoms with van der Waals surface area (Å²) < 4.78 is 32.3. The second-order valence-corrected chi connectivity index (χ2v) is 10.5. The Kier molecular flexibility index (Phi) is 16.6. The zero-order chi connectivity index (χ0) is 31.2. The van der Waals surface area contributed by atoms with Gasteiger partial charge in [-0.25, -0.2) is 0 Å². The van der Waals surface area contributed by atoms with Crippen LogP contribution >= 0.6 is 0 Å². The smallest absolute Gasteiger partial charge is 0.306 e. The summed E-state index contributed by atoms with van der Waals surface area (Å²) in [6.07, 6.45) is -10.7. The van der Waals surface area contributed by atoms with Crippen molar-refractivity contribution in [2.24, 2.45) is 0 Å². The van der Waals surface area contributed by atoms with E-state index in [0.29, 0.717) is 6.42 Å². The summed E-state index contributed by atoms with van der Waals surface area (Å²) in [5.41, 5.74) is 0. The summed E-state index contributed by atoms with van der Waals surface area (Å²) in [6.45, 7) is 1.81. The number of unbranched alkanes of at least 4 members (excludes halogenated alkanes) is 5. The molecule has 0 spiro atoms. The Morgan fingerprint density at radius 3 is 1.88 bits per heavy atom. The van der Waals surface area contributed by atoms with Gasteiger partial charge in [0.25, 0.3) is 0 Å². The summed E-state index contributed by atoms with van der Waals surface area (Å²) in [4.78, 5) is 24.1. The standard InChI is InChI=1S/C27H48O15/c1-3-5-6-7-8-9-10-19(30)40-15(12-37-18(29)4-2)13-38-26-25(36)23(34)21(32)17(42-26)14-39-27-24(35)22(33)20(31)16(11-28)41-27/h15-17,20-28,31-36H,3-14H2,1-2H3. The molecule has 0 bridgehead atoms. The molecule has 15 nitrogen and oxygen atoms in total. The van der Waals surface area contributed by atoms with Crippen LogP contribution in [-0.2, 0) is 38.0 Å². The molecule has 7 N–H and O–H groups in total. The van der Waals surface area contributed by atoms with Crippen molar-refractivity contribution in [1.29, 1.82) is 0 Å². The van der Waals surface area contributed by atoms with E-state index in [1.807, 2.05) is 0 Å². The van der Waals surface area contributed by atoms with Gasteiger partial charge >= 0.3 is 11.9 Å². The van der Waals surface area contributed by atoms with E-state index in [-0.39, 0.29) is 26.1 Å². The lowest BCUT2D eigenvalue weighted by molar-refractivity contribution is -0.332. The highest BCUT2D eigenvalue weighted by Crippen LogP contribution is 2.26. The van der Waals surface area contributed by atoms with Gasteiger partial charge in [-0.2, -0.15) is 0 Å². The Balaban J connectivity index is 1.94. The minimum Gasteiger partial charge on any atom is -0.462 e. The molecule has 15 heteroatoms. The highest BCUT2D eigenvalue weighted by molar-refractivity contribution is 5.70. The summed E-state index contributed by atoms with van der Waals surface area (Å²) in [5, 5.41) is 70.5. The van der Waals surface area contributed by atoms with Crippen molar-refractivity contribution in [2.75, 3.05) is 26.4 Å². The van der Waals surface area contributed by atoms with E-state index in [2.05, 4.69) is 6.92 Å². The van der Waals surface area contributed by atoms with Crippen LogP contribution < -0.4 is 0 Å². The van der Waals surface area contributed by atoms with E-state index >= 15 is 0 Å². The molecular formula is C27H48O15. The zero-order valence-electron chi connectivity index (χ0n) is 24.2. The van der Waals surface area contributed by atoms with E-state index in [4.69, 9.17) is 28.4 Å². The average Bonchev–Trinajstić information content (AvgIpc) is 2.98. The molecule has 0 radical (unpaired) electrons. The average molecular weight is 613 g/mol. The first-order valence-corrected chi connectivity index (χ1v) is 14.6. The van der Waals surface area contributed by atoms with Crippen LogP contribution in [0.5, 0.6) is 0 Å². The van der Waals surface area contributed by atoms with Gasteiger partial charge in [0, 0.05) is 12.8 Å². The summed E-state index contributed by atoms with van der Waals surface area (Å²) in [7, 11) is 0. The van der Waals surface area contributed by atoms with Gasteiger partial charge in [-0.05, 0) is 6.42 Å². The molecule has 11 atom stereocenters. The van der Waals surface area contributed by atoms with Crippen LogP contribution in [0.2, 0.25) is 0 Å². The van der Waals surface area contributed by atoms with Crippen LogP contribution in [0.3, 0.4) is 0 Å². The molecule has 11 unspecified atom stereocenters. The summed E-state index contributed by atoms with van der Waals surface area (Å²) in [5.74, 6) is -1.04. The number of ether oxygens (including phenoxy) is 6. The van der Waals surface area contributed by atoms with Crippen LogP contribution in [-0.4, -0.2) is 142 Å². The van der Waals surface area contributed by atoms with Crippen LogP contribution in [0, 0.1) is 0 Å². The molecule has 2 rings (SSSR count). The molecule has 42 heavy (non-hydrogen) atoms. The number of hydrogen-bond acceptors (Lipinski definition) is 15. The van der Waals surface area contributed by atoms with Crippen molar-refractivity contribution in [3.05, 3.63) is 0 Å². The topological polar surface area (TPSA) is 231 Å². The van der Waals surface area contributed by atoms with E-state index < -0.39 is 92.7 Å². The van der Waals surface area contributed by atoms with Gasteiger partial charge in [0.05, 0.1) is 19.8 Å². The molecule has 2 fully saturated rings. The number of carbonyl (C=O) groups is 2. The maximum Gasteiger partial charge on any atom is 0.306 e. The number of esters is 2. The van der Waals surface area contributed by atoms with Crippen molar-refractivity contribution in [3.8, 4) is 0 Å². The van der Waals surface area contributed by atoms with Gasteiger partial charge in [0.2, 0.25) is 0 Å². The molecule has 0 saturated carbocycles. The summed E-state index contributed by atoms with van der Waals surface area (Å²) in [6, 6.07) is 0. The Morgan fingerprint density at radius 1 is 0.690 bits per heavy atom. The van der Waals surface area contributed by atoms with Gasteiger partial charge < -0.3 is 64.2 Å². The molecule has 2 heterocycles. The largest absolute Gasteiger partial charge is 0.462 e. The SMILES string of the molecule is CCCCCCCCC(=O)OC(COC(=O)CC)COC1OC(COC2OC(CO)C(O)C(O)C2O)C(O)C(O)C1O. The number of aliphatic hydroxyl groups excluding tert-OH is 7. The van der Waals surface area contributed by atoms with E-state index in [1.54, 1.807) is 6.92 Å². The second-order valence-electron chi connectivity index (χ2n) is 10.5. The van der Waals surface area contributed by atoms with Crippen LogP contribution in [0.15, 0.2) is 0 Å². The molecule has 0 amide bonds.